The predicted molar refractivity (Wildman–Crippen MR) is 140 cm³/mol. The number of methoxy groups -OCH3 is 1. The summed E-state index contributed by atoms with van der Waals surface area (Å²) >= 11 is 7.65. The second-order valence-electron chi connectivity index (χ2n) is 9.03. The number of nitrogens with zero attached hydrogens (tertiary/aromatic N) is 3. The highest BCUT2D eigenvalue weighted by atomic mass is 35.5. The van der Waals surface area contributed by atoms with E-state index in [2.05, 4.69) is 20.0 Å². The summed E-state index contributed by atoms with van der Waals surface area (Å²) in [6, 6.07) is 2.29. The number of carbonyl (C=O) groups is 2. The zero-order valence-corrected chi connectivity index (χ0v) is 22.9. The number of aliphatic carboxylic acids is 1. The molecule has 1 saturated carbocycles. The summed E-state index contributed by atoms with van der Waals surface area (Å²) in [6.07, 6.45) is 4.35. The molecule has 4 rings (SSSR count). The number of ether oxygens (including phenoxy) is 1. The van der Waals surface area contributed by atoms with E-state index < -0.39 is 46.4 Å². The second-order valence-corrected chi connectivity index (χ2v) is 12.3. The Bertz CT molecular complexity index is 1390. The van der Waals surface area contributed by atoms with Crippen LogP contribution in [0.4, 0.5) is 4.39 Å². The van der Waals surface area contributed by atoms with Gasteiger partial charge in [-0.05, 0) is 43.7 Å². The minimum Gasteiger partial charge on any atom is -0.478 e. The van der Waals surface area contributed by atoms with Gasteiger partial charge in [0.2, 0.25) is 10.0 Å². The molecule has 2 aromatic rings. The molecule has 2 aliphatic rings. The SMILES string of the molecule is COC(=O)CN(C1CCC(C2=C(C(=O)O)C(c3ccc(F)cc3Cl)N=C(c3nccs3)N2)CC1)S(C)(=O)=O. The first-order valence-corrected chi connectivity index (χ1v) is 14.8. The van der Waals surface area contributed by atoms with E-state index in [0.29, 0.717) is 47.8 Å². The summed E-state index contributed by atoms with van der Waals surface area (Å²) in [4.78, 5) is 33.3. The zero-order chi connectivity index (χ0) is 27.6. The van der Waals surface area contributed by atoms with E-state index in [0.717, 1.165) is 16.6 Å². The maximum Gasteiger partial charge on any atom is 0.335 e. The van der Waals surface area contributed by atoms with Crippen molar-refractivity contribution in [2.45, 2.75) is 37.8 Å². The molecule has 0 saturated heterocycles. The van der Waals surface area contributed by atoms with Crippen molar-refractivity contribution in [3.63, 3.8) is 0 Å². The van der Waals surface area contributed by atoms with Crippen LogP contribution < -0.4 is 5.32 Å². The topological polar surface area (TPSA) is 138 Å². The fourth-order valence-electron chi connectivity index (χ4n) is 4.88. The fourth-order valence-corrected chi connectivity index (χ4v) is 6.83. The number of carbonyl (C=O) groups excluding carboxylic acids is 1. The molecule has 1 aromatic carbocycles. The molecular weight excluding hydrogens is 559 g/mol. The van der Waals surface area contributed by atoms with Crippen LogP contribution in [0.25, 0.3) is 0 Å². The average Bonchev–Trinajstić information content (AvgIpc) is 3.41. The van der Waals surface area contributed by atoms with Crippen LogP contribution >= 0.6 is 22.9 Å². The number of halogens is 2. The Morgan fingerprint density at radius 1 is 1.29 bits per heavy atom. The minimum atomic E-state index is -3.69. The van der Waals surface area contributed by atoms with Crippen LogP contribution in [0, 0.1) is 11.7 Å². The van der Waals surface area contributed by atoms with Crippen molar-refractivity contribution < 1.29 is 32.2 Å². The molecule has 38 heavy (non-hydrogen) atoms. The van der Waals surface area contributed by atoms with Gasteiger partial charge in [0.1, 0.15) is 18.4 Å². The van der Waals surface area contributed by atoms with Crippen molar-refractivity contribution >= 4 is 50.7 Å². The van der Waals surface area contributed by atoms with Crippen molar-refractivity contribution in [1.29, 1.82) is 0 Å². The lowest BCUT2D eigenvalue weighted by molar-refractivity contribution is -0.141. The number of nitrogens with one attached hydrogen (secondary N) is 1. The summed E-state index contributed by atoms with van der Waals surface area (Å²) in [7, 11) is -2.49. The number of allylic oxidation sites excluding steroid dienone is 1. The Morgan fingerprint density at radius 3 is 2.55 bits per heavy atom. The third kappa shape index (κ3) is 6.06. The zero-order valence-electron chi connectivity index (χ0n) is 20.6. The standard InChI is InChI=1S/C24H26ClFN4O6S2/c1-36-18(31)12-30(38(2,34)35)15-6-3-13(4-7-15)20-19(24(32)33)21(16-8-5-14(26)11-17(16)25)29-22(28-20)23-27-9-10-37-23/h5,8-11,13,15,21H,3-4,6-7,12H2,1-2H3,(H,28,29)(H,32,33). The van der Waals surface area contributed by atoms with Gasteiger partial charge in [0, 0.05) is 33.9 Å². The molecule has 1 atom stereocenters. The molecule has 1 aliphatic heterocycles. The van der Waals surface area contributed by atoms with Crippen molar-refractivity contribution in [2.75, 3.05) is 19.9 Å². The maximum absolute atomic E-state index is 13.8. The Kier molecular flexibility index (Phi) is 8.50. The van der Waals surface area contributed by atoms with E-state index in [-0.39, 0.29) is 16.5 Å². The molecule has 0 radical (unpaired) electrons. The van der Waals surface area contributed by atoms with Crippen LogP contribution in [0.3, 0.4) is 0 Å². The minimum absolute atomic E-state index is 0.0169. The van der Waals surface area contributed by atoms with Crippen LogP contribution in [0.2, 0.25) is 5.02 Å². The van der Waals surface area contributed by atoms with E-state index in [9.17, 15) is 27.5 Å². The first-order chi connectivity index (χ1) is 18.0. The number of thiazole rings is 1. The van der Waals surface area contributed by atoms with E-state index >= 15 is 0 Å². The Hall–Kier alpha value is -2.87. The molecule has 14 heteroatoms. The van der Waals surface area contributed by atoms with Gasteiger partial charge in [-0.25, -0.2) is 22.6 Å². The number of benzene rings is 1. The van der Waals surface area contributed by atoms with Crippen LogP contribution in [-0.4, -0.2) is 66.5 Å². The molecule has 1 fully saturated rings. The van der Waals surface area contributed by atoms with Crippen molar-refractivity contribution in [3.05, 3.63) is 62.5 Å². The molecule has 1 unspecified atom stereocenters. The van der Waals surface area contributed by atoms with Crippen LogP contribution in [-0.2, 0) is 24.3 Å². The smallest absolute Gasteiger partial charge is 0.335 e. The first-order valence-electron chi connectivity index (χ1n) is 11.7. The van der Waals surface area contributed by atoms with Gasteiger partial charge in [-0.1, -0.05) is 17.7 Å². The molecule has 204 valence electrons. The number of carboxylic acids is 1. The normalized spacial score (nSPS) is 22.1. The highest BCUT2D eigenvalue weighted by Crippen LogP contribution is 2.41. The Labute approximate surface area is 228 Å². The number of aliphatic imine (C=N–C) groups is 1. The second kappa shape index (κ2) is 11.5. The summed E-state index contributed by atoms with van der Waals surface area (Å²) in [5, 5.41) is 15.8. The first kappa shape index (κ1) is 28.1. The van der Waals surface area contributed by atoms with Crippen molar-refractivity contribution in [1.82, 2.24) is 14.6 Å². The quantitative estimate of drug-likeness (QED) is 0.451. The van der Waals surface area contributed by atoms with Gasteiger partial charge in [-0.2, -0.15) is 4.31 Å². The van der Waals surface area contributed by atoms with E-state index in [1.54, 1.807) is 11.6 Å². The van der Waals surface area contributed by atoms with E-state index in [1.807, 2.05) is 0 Å². The molecule has 2 heterocycles. The van der Waals surface area contributed by atoms with Gasteiger partial charge in [-0.3, -0.25) is 9.79 Å². The molecule has 10 nitrogen and oxygen atoms in total. The predicted octanol–water partition coefficient (Wildman–Crippen LogP) is 3.36. The van der Waals surface area contributed by atoms with Gasteiger partial charge in [0.05, 0.1) is 18.9 Å². The van der Waals surface area contributed by atoms with E-state index in [1.165, 1.54) is 30.6 Å². The van der Waals surface area contributed by atoms with Gasteiger partial charge >= 0.3 is 11.9 Å². The molecule has 1 aromatic heterocycles. The lowest BCUT2D eigenvalue weighted by Gasteiger charge is -2.37. The summed E-state index contributed by atoms with van der Waals surface area (Å²) in [5.41, 5.74) is 0.755. The molecule has 1 aliphatic carbocycles. The number of esters is 1. The number of hydrogen-bond donors (Lipinski definition) is 2. The number of hydrogen-bond acceptors (Lipinski definition) is 9. The van der Waals surface area contributed by atoms with Gasteiger partial charge in [0.15, 0.2) is 10.8 Å². The number of rotatable bonds is 8. The van der Waals surface area contributed by atoms with Crippen molar-refractivity contribution in [3.8, 4) is 0 Å². The van der Waals surface area contributed by atoms with Crippen molar-refractivity contribution in [2.24, 2.45) is 10.9 Å². The largest absolute Gasteiger partial charge is 0.478 e. The van der Waals surface area contributed by atoms with E-state index in [4.69, 9.17) is 11.6 Å². The summed E-state index contributed by atoms with van der Waals surface area (Å²) in [6.45, 7) is -0.391. The van der Waals surface area contributed by atoms with Gasteiger partial charge in [0.25, 0.3) is 0 Å². The third-order valence-corrected chi connectivity index (χ3v) is 9.03. The Balaban J connectivity index is 1.69. The number of carboxylic acid groups (broad SMARTS) is 1. The van der Waals surface area contributed by atoms with Gasteiger partial charge in [-0.15, -0.1) is 11.3 Å². The monoisotopic (exact) mass is 584 g/mol. The van der Waals surface area contributed by atoms with Crippen LogP contribution in [0.5, 0.6) is 0 Å². The highest BCUT2D eigenvalue weighted by molar-refractivity contribution is 7.88. The summed E-state index contributed by atoms with van der Waals surface area (Å²) in [5.74, 6) is -2.32. The molecule has 2 N–H and O–H groups in total. The molecule has 0 spiro atoms. The lowest BCUT2D eigenvalue weighted by Crippen LogP contribution is -2.46. The van der Waals surface area contributed by atoms with Crippen LogP contribution in [0.15, 0.2) is 46.0 Å². The maximum atomic E-state index is 13.8. The summed E-state index contributed by atoms with van der Waals surface area (Å²) < 4.78 is 44.4. The Morgan fingerprint density at radius 2 is 2.00 bits per heavy atom. The number of sulfonamides is 1. The number of aromatic nitrogens is 1. The molecule has 0 amide bonds. The fraction of sp³-hybridized carbons (Fsp3) is 0.417. The van der Waals surface area contributed by atoms with Gasteiger partial charge < -0.3 is 15.2 Å². The van der Waals surface area contributed by atoms with Crippen LogP contribution in [0.1, 0.15) is 42.3 Å². The average molecular weight is 585 g/mol. The molecular formula is C24H26ClFN4O6S2. The number of amidine groups is 1. The lowest BCUT2D eigenvalue weighted by atomic mass is 9.80. The highest BCUT2D eigenvalue weighted by Gasteiger charge is 2.39. The molecule has 0 bridgehead atoms. The third-order valence-electron chi connectivity index (χ3n) is 6.65.